The zero-order valence-corrected chi connectivity index (χ0v) is 17.1. The summed E-state index contributed by atoms with van der Waals surface area (Å²) in [7, 11) is 3.50. The van der Waals surface area contributed by atoms with Crippen LogP contribution in [0.25, 0.3) is 0 Å². The summed E-state index contributed by atoms with van der Waals surface area (Å²) >= 11 is 1.71. The van der Waals surface area contributed by atoms with Gasteiger partial charge in [0.2, 0.25) is 5.91 Å². The largest absolute Gasteiger partial charge is 0.376 e. The van der Waals surface area contributed by atoms with Gasteiger partial charge < -0.3 is 20.3 Å². The zero-order valence-electron chi connectivity index (χ0n) is 16.3. The summed E-state index contributed by atoms with van der Waals surface area (Å²) in [5.41, 5.74) is 0. The van der Waals surface area contributed by atoms with Crippen molar-refractivity contribution >= 4 is 23.2 Å². The van der Waals surface area contributed by atoms with E-state index in [1.165, 1.54) is 4.88 Å². The van der Waals surface area contributed by atoms with E-state index in [1.807, 2.05) is 6.07 Å². The second-order valence-electron chi connectivity index (χ2n) is 7.19. The predicted molar refractivity (Wildman–Crippen MR) is 108 cm³/mol. The van der Waals surface area contributed by atoms with Crippen LogP contribution in [0, 0.1) is 0 Å². The van der Waals surface area contributed by atoms with Crippen molar-refractivity contribution in [1.29, 1.82) is 0 Å². The molecule has 26 heavy (non-hydrogen) atoms. The molecule has 1 aromatic rings. The van der Waals surface area contributed by atoms with Gasteiger partial charge in [0, 0.05) is 25.0 Å². The van der Waals surface area contributed by atoms with E-state index in [1.54, 1.807) is 30.3 Å². The number of amides is 1. The van der Waals surface area contributed by atoms with Crippen molar-refractivity contribution in [1.82, 2.24) is 15.5 Å². The normalized spacial score (nSPS) is 20.9. The first-order valence-electron chi connectivity index (χ1n) is 9.37. The van der Waals surface area contributed by atoms with Crippen molar-refractivity contribution in [2.45, 2.75) is 64.3 Å². The highest BCUT2D eigenvalue weighted by Gasteiger charge is 2.23. The molecular formula is C19H32N4O2S. The standard InChI is InChI=1S/C19H32N4O2S/c1-14(2)25-16-9-7-15(8-10-16)22-19(21-13-18(24)23(3)4)20-12-17-6-5-11-26-17/h5-6,11,14-16H,7-10,12-13H2,1-4H3,(H2,20,21,22). The third-order valence-corrected chi connectivity index (χ3v) is 5.24. The number of hydrogen-bond acceptors (Lipinski definition) is 4. The summed E-state index contributed by atoms with van der Waals surface area (Å²) in [4.78, 5) is 19.2. The Morgan fingerprint density at radius 1 is 1.35 bits per heavy atom. The van der Waals surface area contributed by atoms with E-state index in [0.717, 1.165) is 25.7 Å². The molecule has 0 atom stereocenters. The van der Waals surface area contributed by atoms with E-state index in [0.29, 0.717) is 24.7 Å². The van der Waals surface area contributed by atoms with Crippen LogP contribution in [0.3, 0.4) is 0 Å². The van der Waals surface area contributed by atoms with E-state index < -0.39 is 0 Å². The van der Waals surface area contributed by atoms with Crippen LogP contribution in [0.15, 0.2) is 22.5 Å². The first-order chi connectivity index (χ1) is 12.4. The average Bonchev–Trinajstić information content (AvgIpc) is 3.11. The average molecular weight is 381 g/mol. The number of hydrogen-bond donors (Lipinski definition) is 2. The fourth-order valence-corrected chi connectivity index (χ4v) is 3.59. The molecule has 0 saturated heterocycles. The van der Waals surface area contributed by atoms with E-state index >= 15 is 0 Å². The van der Waals surface area contributed by atoms with Crippen LogP contribution in [-0.2, 0) is 16.1 Å². The van der Waals surface area contributed by atoms with Gasteiger partial charge >= 0.3 is 0 Å². The molecule has 146 valence electrons. The van der Waals surface area contributed by atoms with Crippen LogP contribution in [0.1, 0.15) is 44.4 Å². The number of guanidine groups is 1. The van der Waals surface area contributed by atoms with Crippen LogP contribution in [0.4, 0.5) is 0 Å². The molecule has 6 nitrogen and oxygen atoms in total. The Bertz CT molecular complexity index is 564. The quantitative estimate of drug-likeness (QED) is 0.564. The number of carbonyl (C=O) groups excluding carboxylic acids is 1. The Morgan fingerprint density at radius 2 is 2.08 bits per heavy atom. The van der Waals surface area contributed by atoms with Crippen LogP contribution in [0.5, 0.6) is 0 Å². The van der Waals surface area contributed by atoms with Crippen molar-refractivity contribution in [3.8, 4) is 0 Å². The predicted octanol–water partition coefficient (Wildman–Crippen LogP) is 2.61. The SMILES string of the molecule is CC(C)OC1CCC(NC(=NCC(=O)N(C)C)NCc2cccs2)CC1. The highest BCUT2D eigenvalue weighted by molar-refractivity contribution is 7.09. The summed E-state index contributed by atoms with van der Waals surface area (Å²) in [5, 5.41) is 8.92. The van der Waals surface area contributed by atoms with E-state index in [4.69, 9.17) is 4.74 Å². The number of carbonyl (C=O) groups is 1. The van der Waals surface area contributed by atoms with Crippen molar-refractivity contribution in [2.75, 3.05) is 20.6 Å². The number of nitrogens with zero attached hydrogens (tertiary/aromatic N) is 2. The van der Waals surface area contributed by atoms with Crippen molar-refractivity contribution in [3.05, 3.63) is 22.4 Å². The number of rotatable bonds is 7. The lowest BCUT2D eigenvalue weighted by Crippen LogP contribution is -2.45. The van der Waals surface area contributed by atoms with Gasteiger partial charge in [0.05, 0.1) is 18.8 Å². The third-order valence-electron chi connectivity index (χ3n) is 4.36. The monoisotopic (exact) mass is 380 g/mol. The van der Waals surface area contributed by atoms with Gasteiger partial charge in [-0.3, -0.25) is 4.79 Å². The summed E-state index contributed by atoms with van der Waals surface area (Å²) < 4.78 is 5.92. The number of nitrogens with one attached hydrogen (secondary N) is 2. The smallest absolute Gasteiger partial charge is 0.243 e. The molecule has 0 aromatic carbocycles. The maximum Gasteiger partial charge on any atom is 0.243 e. The molecule has 1 aromatic heterocycles. The molecule has 0 spiro atoms. The van der Waals surface area contributed by atoms with Gasteiger partial charge in [0.15, 0.2) is 5.96 Å². The maximum absolute atomic E-state index is 11.9. The highest BCUT2D eigenvalue weighted by Crippen LogP contribution is 2.22. The first-order valence-corrected chi connectivity index (χ1v) is 10.2. The van der Waals surface area contributed by atoms with Gasteiger partial charge in [-0.25, -0.2) is 4.99 Å². The van der Waals surface area contributed by atoms with Crippen molar-refractivity contribution in [3.63, 3.8) is 0 Å². The van der Waals surface area contributed by atoms with Crippen LogP contribution in [-0.4, -0.2) is 55.7 Å². The zero-order chi connectivity index (χ0) is 18.9. The van der Waals surface area contributed by atoms with Gasteiger partial charge in [-0.05, 0) is 51.0 Å². The van der Waals surface area contributed by atoms with Crippen LogP contribution >= 0.6 is 11.3 Å². The molecule has 7 heteroatoms. The molecule has 1 aliphatic rings. The molecule has 2 N–H and O–H groups in total. The van der Waals surface area contributed by atoms with Gasteiger partial charge in [-0.15, -0.1) is 11.3 Å². The molecule has 0 bridgehead atoms. The van der Waals surface area contributed by atoms with E-state index in [9.17, 15) is 4.79 Å². The Balaban J connectivity index is 1.88. The Labute approximate surface area is 161 Å². The number of thiophene rings is 1. The topological polar surface area (TPSA) is 66.0 Å². The molecule has 1 amide bonds. The number of aliphatic imine (C=N–C) groups is 1. The van der Waals surface area contributed by atoms with Crippen LogP contribution < -0.4 is 10.6 Å². The lowest BCUT2D eigenvalue weighted by Gasteiger charge is -2.31. The fraction of sp³-hybridized carbons (Fsp3) is 0.684. The van der Waals surface area contributed by atoms with Crippen LogP contribution in [0.2, 0.25) is 0 Å². The summed E-state index contributed by atoms with van der Waals surface area (Å²) in [5.74, 6) is 0.707. The van der Waals surface area contributed by atoms with Gasteiger partial charge in [0.1, 0.15) is 6.54 Å². The molecule has 1 heterocycles. The second kappa shape index (κ2) is 10.5. The van der Waals surface area contributed by atoms with E-state index in [2.05, 4.69) is 40.9 Å². The maximum atomic E-state index is 11.9. The van der Waals surface area contributed by atoms with Crippen molar-refractivity contribution in [2.24, 2.45) is 4.99 Å². The minimum absolute atomic E-state index is 0.00346. The highest BCUT2D eigenvalue weighted by atomic mass is 32.1. The lowest BCUT2D eigenvalue weighted by atomic mass is 9.93. The summed E-state index contributed by atoms with van der Waals surface area (Å²) in [6.45, 7) is 5.04. The number of likely N-dealkylation sites (N-methyl/N-ethyl adjacent to an activating group) is 1. The summed E-state index contributed by atoms with van der Waals surface area (Å²) in [6, 6.07) is 4.50. The van der Waals surface area contributed by atoms with Crippen molar-refractivity contribution < 1.29 is 9.53 Å². The van der Waals surface area contributed by atoms with Gasteiger partial charge in [0.25, 0.3) is 0 Å². The lowest BCUT2D eigenvalue weighted by molar-refractivity contribution is -0.127. The molecule has 2 rings (SSSR count). The Hall–Kier alpha value is -1.60. The third kappa shape index (κ3) is 7.33. The minimum atomic E-state index is -0.00346. The molecule has 1 saturated carbocycles. The fourth-order valence-electron chi connectivity index (χ4n) is 2.95. The first kappa shape index (κ1) is 20.7. The molecule has 0 aliphatic heterocycles. The molecule has 1 fully saturated rings. The Kier molecular flexibility index (Phi) is 8.38. The molecule has 0 unspecified atom stereocenters. The van der Waals surface area contributed by atoms with Gasteiger partial charge in [-0.1, -0.05) is 6.07 Å². The van der Waals surface area contributed by atoms with Gasteiger partial charge in [-0.2, -0.15) is 0 Å². The number of ether oxygens (including phenoxy) is 1. The second-order valence-corrected chi connectivity index (χ2v) is 8.22. The summed E-state index contributed by atoms with van der Waals surface area (Å²) in [6.07, 6.45) is 4.88. The molecular weight excluding hydrogens is 348 g/mol. The minimum Gasteiger partial charge on any atom is -0.376 e. The van der Waals surface area contributed by atoms with E-state index in [-0.39, 0.29) is 18.6 Å². The molecule has 1 aliphatic carbocycles. The molecule has 0 radical (unpaired) electrons. The Morgan fingerprint density at radius 3 is 2.65 bits per heavy atom.